The number of hydrogen-bond donors (Lipinski definition) is 2. The number of anilines is 1. The number of halogens is 4. The molecule has 1 fully saturated rings. The summed E-state index contributed by atoms with van der Waals surface area (Å²) in [6, 6.07) is 9.83. The highest BCUT2D eigenvalue weighted by atomic mass is 35.5. The van der Waals surface area contributed by atoms with Crippen LogP contribution in [0.5, 0.6) is 5.75 Å². The molecule has 0 unspecified atom stereocenters. The van der Waals surface area contributed by atoms with Crippen molar-refractivity contribution in [2.75, 3.05) is 38.6 Å². The zero-order chi connectivity index (χ0) is 26.6. The standard InChI is InChI=1S/C26H29ClF3N5O2/c1-34(20-8-10-31-11-9-20)12-13-37-23-7-6-19(15-21(23)24-22(27)16-32-35(24)2)33-25(36)17-4-3-5-18(14-17)26(28,29)30/h3-7,14-16,20,31H,8-13H2,1-2H3,(H,33,36). The first-order chi connectivity index (χ1) is 17.6. The third-order valence-corrected chi connectivity index (χ3v) is 6.75. The molecule has 7 nitrogen and oxygen atoms in total. The van der Waals surface area contributed by atoms with E-state index in [0.717, 1.165) is 44.6 Å². The number of nitrogens with zero attached hydrogens (tertiary/aromatic N) is 3. The zero-order valence-electron chi connectivity index (χ0n) is 20.6. The molecular formula is C26H29ClF3N5O2. The molecule has 11 heteroatoms. The molecule has 0 saturated carbocycles. The molecule has 1 aromatic heterocycles. The second kappa shape index (κ2) is 11.5. The predicted molar refractivity (Wildman–Crippen MR) is 137 cm³/mol. The quantitative estimate of drug-likeness (QED) is 0.421. The highest BCUT2D eigenvalue weighted by Gasteiger charge is 2.31. The van der Waals surface area contributed by atoms with Crippen LogP contribution in [0.3, 0.4) is 0 Å². The van der Waals surface area contributed by atoms with Crippen molar-refractivity contribution in [3.05, 3.63) is 64.8 Å². The summed E-state index contributed by atoms with van der Waals surface area (Å²) in [6.07, 6.45) is -0.848. The Morgan fingerprint density at radius 2 is 2.00 bits per heavy atom. The van der Waals surface area contributed by atoms with Crippen molar-refractivity contribution in [2.45, 2.75) is 25.1 Å². The van der Waals surface area contributed by atoms with E-state index in [0.29, 0.717) is 40.4 Å². The largest absolute Gasteiger partial charge is 0.492 e. The molecule has 4 rings (SSSR count). The number of hydrogen-bond acceptors (Lipinski definition) is 5. The van der Waals surface area contributed by atoms with E-state index < -0.39 is 17.6 Å². The van der Waals surface area contributed by atoms with Gasteiger partial charge in [0.25, 0.3) is 5.91 Å². The van der Waals surface area contributed by atoms with Crippen LogP contribution in [0.15, 0.2) is 48.7 Å². The average molecular weight is 536 g/mol. The summed E-state index contributed by atoms with van der Waals surface area (Å²) in [7, 11) is 3.83. The van der Waals surface area contributed by atoms with Crippen LogP contribution in [0, 0.1) is 0 Å². The van der Waals surface area contributed by atoms with E-state index >= 15 is 0 Å². The lowest BCUT2D eigenvalue weighted by Gasteiger charge is -2.31. The van der Waals surface area contributed by atoms with Crippen molar-refractivity contribution in [2.24, 2.45) is 7.05 Å². The molecule has 37 heavy (non-hydrogen) atoms. The van der Waals surface area contributed by atoms with Crippen LogP contribution in [-0.2, 0) is 13.2 Å². The number of nitrogens with one attached hydrogen (secondary N) is 2. The van der Waals surface area contributed by atoms with Gasteiger partial charge in [-0.1, -0.05) is 17.7 Å². The minimum absolute atomic E-state index is 0.101. The van der Waals surface area contributed by atoms with Gasteiger partial charge >= 0.3 is 6.18 Å². The third kappa shape index (κ3) is 6.63. The molecule has 1 aliphatic rings. The lowest BCUT2D eigenvalue weighted by atomic mass is 10.1. The molecular weight excluding hydrogens is 507 g/mol. The Kier molecular flexibility index (Phi) is 8.41. The van der Waals surface area contributed by atoms with Crippen molar-refractivity contribution in [1.29, 1.82) is 0 Å². The molecule has 2 N–H and O–H groups in total. The number of aryl methyl sites for hydroxylation is 1. The second-order valence-corrected chi connectivity index (χ2v) is 9.43. The van der Waals surface area contributed by atoms with Crippen LogP contribution in [-0.4, -0.2) is 59.9 Å². The van der Waals surface area contributed by atoms with Gasteiger partial charge in [0.15, 0.2) is 0 Å². The molecule has 0 atom stereocenters. The van der Waals surface area contributed by atoms with Gasteiger partial charge in [-0.3, -0.25) is 14.4 Å². The lowest BCUT2D eigenvalue weighted by molar-refractivity contribution is -0.137. The van der Waals surface area contributed by atoms with Crippen molar-refractivity contribution in [3.8, 4) is 17.0 Å². The number of aromatic nitrogens is 2. The van der Waals surface area contributed by atoms with Crippen molar-refractivity contribution < 1.29 is 22.7 Å². The first kappa shape index (κ1) is 27.0. The molecule has 0 radical (unpaired) electrons. The molecule has 1 aliphatic heterocycles. The predicted octanol–water partition coefficient (Wildman–Crippen LogP) is 5.07. The van der Waals surface area contributed by atoms with Gasteiger partial charge < -0.3 is 15.4 Å². The summed E-state index contributed by atoms with van der Waals surface area (Å²) in [6.45, 7) is 3.19. The van der Waals surface area contributed by atoms with Crippen LogP contribution < -0.4 is 15.4 Å². The highest BCUT2D eigenvalue weighted by Crippen LogP contribution is 2.37. The topological polar surface area (TPSA) is 71.4 Å². The smallest absolute Gasteiger partial charge is 0.416 e. The van der Waals surface area contributed by atoms with Gasteiger partial charge in [-0.2, -0.15) is 18.3 Å². The fourth-order valence-electron chi connectivity index (χ4n) is 4.40. The summed E-state index contributed by atoms with van der Waals surface area (Å²) >= 11 is 6.40. The number of benzene rings is 2. The first-order valence-corrected chi connectivity index (χ1v) is 12.4. The Morgan fingerprint density at radius 3 is 2.68 bits per heavy atom. The van der Waals surface area contributed by atoms with Crippen molar-refractivity contribution >= 4 is 23.2 Å². The van der Waals surface area contributed by atoms with E-state index in [4.69, 9.17) is 16.3 Å². The SMILES string of the molecule is CN(CCOc1ccc(NC(=O)c2cccc(C(F)(F)F)c2)cc1-c1c(Cl)cnn1C)C1CCNCC1. The van der Waals surface area contributed by atoms with Gasteiger partial charge in [0.1, 0.15) is 12.4 Å². The Balaban J connectivity index is 1.53. The fourth-order valence-corrected chi connectivity index (χ4v) is 4.67. The normalized spacial score (nSPS) is 14.7. The molecule has 2 aromatic carbocycles. The van der Waals surface area contributed by atoms with Gasteiger partial charge in [0, 0.05) is 36.4 Å². The molecule has 0 aliphatic carbocycles. The second-order valence-electron chi connectivity index (χ2n) is 9.02. The van der Waals surface area contributed by atoms with E-state index in [1.165, 1.54) is 18.3 Å². The monoisotopic (exact) mass is 535 g/mol. The molecule has 0 bridgehead atoms. The van der Waals surface area contributed by atoms with Crippen molar-refractivity contribution in [1.82, 2.24) is 20.0 Å². The average Bonchev–Trinajstić information content (AvgIpc) is 3.22. The van der Waals surface area contributed by atoms with Gasteiger partial charge in [-0.05, 0) is 69.4 Å². The van der Waals surface area contributed by atoms with Crippen LogP contribution in [0.2, 0.25) is 5.02 Å². The molecule has 1 saturated heterocycles. The van der Waals surface area contributed by atoms with Crippen LogP contribution in [0.25, 0.3) is 11.3 Å². The number of alkyl halides is 3. The van der Waals surface area contributed by atoms with E-state index in [9.17, 15) is 18.0 Å². The molecule has 2 heterocycles. The summed E-state index contributed by atoms with van der Waals surface area (Å²) in [5.74, 6) is -0.105. The number of carbonyl (C=O) groups excluding carboxylic acids is 1. The maximum Gasteiger partial charge on any atom is 0.416 e. The Bertz CT molecular complexity index is 1220. The summed E-state index contributed by atoms with van der Waals surface area (Å²) in [5, 5.41) is 10.6. The van der Waals surface area contributed by atoms with Crippen LogP contribution >= 0.6 is 11.6 Å². The van der Waals surface area contributed by atoms with Crippen LogP contribution in [0.4, 0.5) is 18.9 Å². The van der Waals surface area contributed by atoms with Gasteiger partial charge in [0.2, 0.25) is 0 Å². The van der Waals surface area contributed by atoms with E-state index in [-0.39, 0.29) is 5.56 Å². The zero-order valence-corrected chi connectivity index (χ0v) is 21.4. The minimum atomic E-state index is -4.54. The molecule has 1 amide bonds. The summed E-state index contributed by atoms with van der Waals surface area (Å²) in [4.78, 5) is 15.0. The van der Waals surface area contributed by atoms with Gasteiger partial charge in [-0.25, -0.2) is 0 Å². The number of carbonyl (C=O) groups is 1. The molecule has 0 spiro atoms. The minimum Gasteiger partial charge on any atom is -0.492 e. The number of amides is 1. The molecule has 3 aromatic rings. The Morgan fingerprint density at radius 1 is 1.24 bits per heavy atom. The van der Waals surface area contributed by atoms with E-state index in [1.807, 2.05) is 0 Å². The maximum absolute atomic E-state index is 13.1. The fraction of sp³-hybridized carbons (Fsp3) is 0.385. The first-order valence-electron chi connectivity index (χ1n) is 12.0. The van der Waals surface area contributed by atoms with Gasteiger partial charge in [0.05, 0.1) is 22.5 Å². The van der Waals surface area contributed by atoms with Gasteiger partial charge in [-0.15, -0.1) is 0 Å². The van der Waals surface area contributed by atoms with E-state index in [1.54, 1.807) is 29.9 Å². The summed E-state index contributed by atoms with van der Waals surface area (Å²) < 4.78 is 47.0. The van der Waals surface area contributed by atoms with Crippen LogP contribution in [0.1, 0.15) is 28.8 Å². The lowest BCUT2D eigenvalue weighted by Crippen LogP contribution is -2.42. The Hall–Kier alpha value is -3.08. The number of ether oxygens (including phenoxy) is 1. The Labute approximate surface area is 218 Å². The molecule has 198 valence electrons. The highest BCUT2D eigenvalue weighted by molar-refractivity contribution is 6.33. The van der Waals surface area contributed by atoms with E-state index in [2.05, 4.69) is 27.7 Å². The third-order valence-electron chi connectivity index (χ3n) is 6.47. The number of rotatable bonds is 8. The number of piperidine rings is 1. The maximum atomic E-state index is 13.1. The van der Waals surface area contributed by atoms with Crippen molar-refractivity contribution in [3.63, 3.8) is 0 Å². The summed E-state index contributed by atoms with van der Waals surface area (Å²) in [5.41, 5.74) is 0.598. The number of likely N-dealkylation sites (N-methyl/N-ethyl adjacent to an activating group) is 1.